The summed E-state index contributed by atoms with van der Waals surface area (Å²) in [7, 11) is 0. The lowest BCUT2D eigenvalue weighted by atomic mass is 10.1. The third kappa shape index (κ3) is 9.74. The molecule has 0 unspecified atom stereocenters. The number of benzene rings is 4. The Balaban J connectivity index is 0.000000188. The first-order valence-corrected chi connectivity index (χ1v) is 18.8. The van der Waals surface area contributed by atoms with Gasteiger partial charge in [-0.15, -0.1) is 0 Å². The second-order valence-corrected chi connectivity index (χ2v) is 13.5. The lowest BCUT2D eigenvalue weighted by Gasteiger charge is -2.32. The van der Waals surface area contributed by atoms with Crippen molar-refractivity contribution in [3.63, 3.8) is 0 Å². The van der Waals surface area contributed by atoms with E-state index in [-0.39, 0.29) is 0 Å². The minimum Gasteiger partial charge on any atom is -0.368 e. The molecular formula is C44H60N4. The maximum atomic E-state index is 2.64. The molecule has 0 N–H and O–H groups in total. The predicted octanol–water partition coefficient (Wildman–Crippen LogP) is 8.78. The minimum atomic E-state index is 0.599. The molecule has 0 heterocycles. The van der Waals surface area contributed by atoms with Crippen LogP contribution in [0.15, 0.2) is 109 Å². The Morgan fingerprint density at radius 3 is 0.979 bits per heavy atom. The van der Waals surface area contributed by atoms with Gasteiger partial charge in [0.15, 0.2) is 0 Å². The van der Waals surface area contributed by atoms with Gasteiger partial charge in [0, 0.05) is 36.5 Å². The molecule has 0 saturated carbocycles. The fraction of sp³-hybridized carbons (Fsp3) is 0.455. The van der Waals surface area contributed by atoms with Crippen LogP contribution >= 0.6 is 0 Å². The van der Waals surface area contributed by atoms with Crippen molar-refractivity contribution in [3.8, 4) is 0 Å². The molecule has 0 aromatic heterocycles. The number of anilines is 2. The van der Waals surface area contributed by atoms with Gasteiger partial charge in [0.2, 0.25) is 0 Å². The lowest BCUT2D eigenvalue weighted by molar-refractivity contribution is 0.299. The Labute approximate surface area is 292 Å². The molecule has 2 aliphatic carbocycles. The van der Waals surface area contributed by atoms with E-state index in [2.05, 4.69) is 156 Å². The summed E-state index contributed by atoms with van der Waals surface area (Å²) < 4.78 is 0. The first-order chi connectivity index (χ1) is 23.6. The summed E-state index contributed by atoms with van der Waals surface area (Å²) in [5.74, 6) is 0. The van der Waals surface area contributed by atoms with E-state index >= 15 is 0 Å². The van der Waals surface area contributed by atoms with E-state index in [1.54, 1.807) is 0 Å². The lowest BCUT2D eigenvalue weighted by Crippen LogP contribution is -2.38. The zero-order chi connectivity index (χ0) is 33.6. The Kier molecular flexibility index (Phi) is 14.0. The Bertz CT molecular complexity index is 1300. The van der Waals surface area contributed by atoms with E-state index in [9.17, 15) is 0 Å². The molecule has 256 valence electrons. The molecule has 6 rings (SSSR count). The number of hydrogen-bond donors (Lipinski definition) is 0. The van der Waals surface area contributed by atoms with Crippen LogP contribution in [0.5, 0.6) is 0 Å². The number of rotatable bonds is 16. The third-order valence-corrected chi connectivity index (χ3v) is 10.7. The van der Waals surface area contributed by atoms with Crippen molar-refractivity contribution in [3.05, 3.63) is 131 Å². The van der Waals surface area contributed by atoms with Gasteiger partial charge in [-0.25, -0.2) is 0 Å². The maximum absolute atomic E-state index is 2.64. The SMILES string of the molecule is CCN(CC)CCCN(c1ccccc1)C1Cc2ccccc2C1.CCN(CC)CCCN(c1ccccc1)C1Cc2ccccc2C1. The van der Waals surface area contributed by atoms with E-state index in [4.69, 9.17) is 0 Å². The van der Waals surface area contributed by atoms with E-state index in [0.29, 0.717) is 12.1 Å². The molecule has 0 atom stereocenters. The van der Waals surface area contributed by atoms with Crippen LogP contribution in [-0.4, -0.2) is 74.2 Å². The topological polar surface area (TPSA) is 13.0 Å². The quantitative estimate of drug-likeness (QED) is 0.121. The van der Waals surface area contributed by atoms with Crippen molar-refractivity contribution in [1.29, 1.82) is 0 Å². The van der Waals surface area contributed by atoms with Crippen LogP contribution in [0.1, 0.15) is 62.8 Å². The monoisotopic (exact) mass is 644 g/mol. The van der Waals surface area contributed by atoms with Crippen LogP contribution in [0.4, 0.5) is 11.4 Å². The smallest absolute Gasteiger partial charge is 0.0370 e. The molecule has 2 aliphatic rings. The molecule has 0 fully saturated rings. The Hall–Kier alpha value is -3.60. The summed E-state index contributed by atoms with van der Waals surface area (Å²) in [6, 6.07) is 41.0. The summed E-state index contributed by atoms with van der Waals surface area (Å²) in [4.78, 5) is 10.3. The van der Waals surface area contributed by atoms with Crippen LogP contribution in [0.25, 0.3) is 0 Å². The van der Waals surface area contributed by atoms with Crippen LogP contribution in [0.2, 0.25) is 0 Å². The molecule has 0 spiro atoms. The zero-order valence-corrected chi connectivity index (χ0v) is 30.2. The number of hydrogen-bond acceptors (Lipinski definition) is 4. The number of fused-ring (bicyclic) bond motifs is 2. The van der Waals surface area contributed by atoms with Crippen molar-refractivity contribution < 1.29 is 0 Å². The second kappa shape index (κ2) is 18.8. The predicted molar refractivity (Wildman–Crippen MR) is 208 cm³/mol. The highest BCUT2D eigenvalue weighted by Crippen LogP contribution is 2.30. The summed E-state index contributed by atoms with van der Waals surface area (Å²) >= 11 is 0. The summed E-state index contributed by atoms with van der Waals surface area (Å²) in [6.45, 7) is 18.3. The fourth-order valence-corrected chi connectivity index (χ4v) is 7.80. The average molecular weight is 645 g/mol. The first kappa shape index (κ1) is 35.7. The molecule has 0 amide bonds. The molecule has 0 radical (unpaired) electrons. The molecule has 4 heteroatoms. The van der Waals surface area contributed by atoms with Crippen LogP contribution in [0, 0.1) is 0 Å². The number of nitrogens with zero attached hydrogens (tertiary/aromatic N) is 4. The van der Waals surface area contributed by atoms with Crippen molar-refractivity contribution in [2.24, 2.45) is 0 Å². The summed E-state index contributed by atoms with van der Waals surface area (Å²) in [5.41, 5.74) is 8.88. The Morgan fingerprint density at radius 2 is 0.688 bits per heavy atom. The van der Waals surface area contributed by atoms with Crippen LogP contribution in [0.3, 0.4) is 0 Å². The van der Waals surface area contributed by atoms with Crippen molar-refractivity contribution in [2.45, 2.75) is 78.3 Å². The van der Waals surface area contributed by atoms with Gasteiger partial charge in [-0.2, -0.15) is 0 Å². The molecule has 4 aromatic rings. The minimum absolute atomic E-state index is 0.599. The number of para-hydroxylation sites is 2. The second-order valence-electron chi connectivity index (χ2n) is 13.5. The molecule has 0 aliphatic heterocycles. The van der Waals surface area contributed by atoms with Crippen molar-refractivity contribution >= 4 is 11.4 Å². The summed E-state index contributed by atoms with van der Waals surface area (Å²) in [6.07, 6.45) is 7.16. The normalized spacial score (nSPS) is 14.1. The maximum Gasteiger partial charge on any atom is 0.0370 e. The van der Waals surface area contributed by atoms with Gasteiger partial charge in [0.25, 0.3) is 0 Å². The van der Waals surface area contributed by atoms with Crippen molar-refractivity contribution in [2.75, 3.05) is 62.2 Å². The van der Waals surface area contributed by atoms with Gasteiger partial charge < -0.3 is 19.6 Å². The fourth-order valence-electron chi connectivity index (χ4n) is 7.80. The highest BCUT2D eigenvalue weighted by molar-refractivity contribution is 5.51. The largest absolute Gasteiger partial charge is 0.368 e. The van der Waals surface area contributed by atoms with E-state index < -0.39 is 0 Å². The standard InChI is InChI=1S/2C22H30N2/c2*1-3-23(4-2)15-10-16-24(21-13-6-5-7-14-21)22-17-19-11-8-9-12-20(19)18-22/h2*5-9,11-14,22H,3-4,10,15-18H2,1-2H3. The molecule has 4 aromatic carbocycles. The molecular weight excluding hydrogens is 585 g/mol. The molecule has 0 bridgehead atoms. The molecule has 48 heavy (non-hydrogen) atoms. The summed E-state index contributed by atoms with van der Waals surface area (Å²) in [5, 5.41) is 0. The van der Waals surface area contributed by atoms with E-state index in [1.807, 2.05) is 0 Å². The molecule has 4 nitrogen and oxygen atoms in total. The molecule has 0 saturated heterocycles. The highest BCUT2D eigenvalue weighted by Gasteiger charge is 2.28. The third-order valence-electron chi connectivity index (χ3n) is 10.7. The van der Waals surface area contributed by atoms with E-state index in [0.717, 1.165) is 39.3 Å². The van der Waals surface area contributed by atoms with Gasteiger partial charge in [-0.1, -0.05) is 113 Å². The van der Waals surface area contributed by atoms with Gasteiger partial charge in [0.1, 0.15) is 0 Å². The zero-order valence-electron chi connectivity index (χ0n) is 30.2. The van der Waals surface area contributed by atoms with E-state index in [1.165, 1.54) is 85.2 Å². The van der Waals surface area contributed by atoms with Gasteiger partial charge in [-0.05, 0) is 124 Å². The first-order valence-electron chi connectivity index (χ1n) is 18.8. The van der Waals surface area contributed by atoms with Crippen molar-refractivity contribution in [1.82, 2.24) is 9.80 Å². The van der Waals surface area contributed by atoms with Gasteiger partial charge in [0.05, 0.1) is 0 Å². The van der Waals surface area contributed by atoms with Crippen LogP contribution in [-0.2, 0) is 25.7 Å². The highest BCUT2D eigenvalue weighted by atomic mass is 15.2. The van der Waals surface area contributed by atoms with Gasteiger partial charge in [-0.3, -0.25) is 0 Å². The average Bonchev–Trinajstić information content (AvgIpc) is 3.77. The van der Waals surface area contributed by atoms with Crippen LogP contribution < -0.4 is 9.80 Å². The Morgan fingerprint density at radius 1 is 0.396 bits per heavy atom. The van der Waals surface area contributed by atoms with Gasteiger partial charge >= 0.3 is 0 Å².